The van der Waals surface area contributed by atoms with Crippen molar-refractivity contribution in [3.8, 4) is 0 Å². The molecule has 0 saturated carbocycles. The maximum atomic E-state index is 11.9. The van der Waals surface area contributed by atoms with Crippen molar-refractivity contribution in [1.82, 2.24) is 9.78 Å². The van der Waals surface area contributed by atoms with Crippen LogP contribution in [0.3, 0.4) is 0 Å². The number of hydrogen-bond acceptors (Lipinski definition) is 2. The van der Waals surface area contributed by atoms with Gasteiger partial charge in [0.2, 0.25) is 0 Å². The summed E-state index contributed by atoms with van der Waals surface area (Å²) in [6.45, 7) is 1.93. The van der Waals surface area contributed by atoms with Crippen LogP contribution in [0.2, 0.25) is 0 Å². The Hall–Kier alpha value is -1.33. The second kappa shape index (κ2) is 5.33. The fourth-order valence-electron chi connectivity index (χ4n) is 1.48. The molecule has 0 unspecified atom stereocenters. The van der Waals surface area contributed by atoms with Gasteiger partial charge in [0, 0.05) is 25.6 Å². The quantitative estimate of drug-likeness (QED) is 0.802. The third-order valence-electron chi connectivity index (χ3n) is 2.46. The van der Waals surface area contributed by atoms with Crippen LogP contribution >= 0.6 is 0 Å². The van der Waals surface area contributed by atoms with Crippen LogP contribution in [0.5, 0.6) is 0 Å². The van der Waals surface area contributed by atoms with E-state index in [1.807, 2.05) is 6.92 Å². The highest BCUT2D eigenvalue weighted by Gasteiger charge is 2.27. The molecule has 0 bridgehead atoms. The molecule has 0 aromatic carbocycles. The molecule has 0 radical (unpaired) electrons. The largest absolute Gasteiger partial charge is 0.389 e. The van der Waals surface area contributed by atoms with E-state index in [2.05, 4.69) is 5.10 Å². The second-order valence-electron chi connectivity index (χ2n) is 3.93. The number of aryl methyl sites for hydroxylation is 2. The molecule has 0 atom stereocenters. The summed E-state index contributed by atoms with van der Waals surface area (Å²) < 4.78 is 37.3. The van der Waals surface area contributed by atoms with Crippen molar-refractivity contribution in [3.05, 3.63) is 17.5 Å². The van der Waals surface area contributed by atoms with E-state index in [0.717, 1.165) is 12.1 Å². The zero-order valence-corrected chi connectivity index (χ0v) is 9.84. The Morgan fingerprint density at radius 1 is 1.47 bits per heavy atom. The fraction of sp³-hybridized carbons (Fsp3) is 0.636. The van der Waals surface area contributed by atoms with Gasteiger partial charge in [-0.15, -0.1) is 0 Å². The van der Waals surface area contributed by atoms with Gasteiger partial charge in [0.05, 0.1) is 12.1 Å². The number of hydrogen-bond donors (Lipinski definition) is 0. The summed E-state index contributed by atoms with van der Waals surface area (Å²) in [4.78, 5) is 11.4. The SMILES string of the molecule is CCc1cc(CC(=O)CCC(F)(F)F)n(C)n1. The maximum Gasteiger partial charge on any atom is 0.389 e. The molecule has 96 valence electrons. The number of alkyl halides is 3. The standard InChI is InChI=1S/C11H15F3N2O/c1-3-8-6-9(16(2)15-8)7-10(17)4-5-11(12,13)14/h6H,3-5,7H2,1-2H3. The first-order valence-corrected chi connectivity index (χ1v) is 5.42. The molecular formula is C11H15F3N2O. The molecule has 0 N–H and O–H groups in total. The summed E-state index contributed by atoms with van der Waals surface area (Å²) in [5.41, 5.74) is 1.50. The highest BCUT2D eigenvalue weighted by atomic mass is 19.4. The Kier molecular flexibility index (Phi) is 4.31. The molecule has 1 rings (SSSR count). The topological polar surface area (TPSA) is 34.9 Å². The molecule has 1 aromatic heterocycles. The monoisotopic (exact) mass is 248 g/mol. The molecule has 1 heterocycles. The molecule has 6 heteroatoms. The van der Waals surface area contributed by atoms with Gasteiger partial charge in [0.25, 0.3) is 0 Å². The highest BCUT2D eigenvalue weighted by Crippen LogP contribution is 2.21. The number of carbonyl (C=O) groups excluding carboxylic acids is 1. The lowest BCUT2D eigenvalue weighted by Gasteiger charge is -2.05. The van der Waals surface area contributed by atoms with Crippen LogP contribution < -0.4 is 0 Å². The van der Waals surface area contributed by atoms with Crippen LogP contribution in [0.25, 0.3) is 0 Å². The Labute approximate surface area is 97.6 Å². The van der Waals surface area contributed by atoms with E-state index in [9.17, 15) is 18.0 Å². The van der Waals surface area contributed by atoms with Gasteiger partial charge in [0.15, 0.2) is 0 Å². The average Bonchev–Trinajstić information content (AvgIpc) is 2.56. The van der Waals surface area contributed by atoms with Gasteiger partial charge in [0.1, 0.15) is 5.78 Å². The first-order chi connectivity index (χ1) is 7.81. The normalized spacial score (nSPS) is 11.8. The predicted molar refractivity (Wildman–Crippen MR) is 56.6 cm³/mol. The summed E-state index contributed by atoms with van der Waals surface area (Å²) in [7, 11) is 1.69. The van der Waals surface area contributed by atoms with Crippen molar-refractivity contribution >= 4 is 5.78 Å². The van der Waals surface area contributed by atoms with Crippen LogP contribution in [-0.4, -0.2) is 21.7 Å². The Morgan fingerprint density at radius 3 is 2.59 bits per heavy atom. The van der Waals surface area contributed by atoms with E-state index in [4.69, 9.17) is 0 Å². The summed E-state index contributed by atoms with van der Waals surface area (Å²) in [6, 6.07) is 1.76. The maximum absolute atomic E-state index is 11.9. The number of halogens is 3. The molecule has 0 fully saturated rings. The van der Waals surface area contributed by atoms with Crippen molar-refractivity contribution in [3.63, 3.8) is 0 Å². The van der Waals surface area contributed by atoms with Gasteiger partial charge in [-0.25, -0.2) is 0 Å². The molecule has 17 heavy (non-hydrogen) atoms. The third-order valence-corrected chi connectivity index (χ3v) is 2.46. The zero-order valence-electron chi connectivity index (χ0n) is 9.84. The molecule has 0 spiro atoms. The van der Waals surface area contributed by atoms with E-state index in [1.165, 1.54) is 0 Å². The average molecular weight is 248 g/mol. The molecule has 0 aliphatic heterocycles. The summed E-state index contributed by atoms with van der Waals surface area (Å²) in [5.74, 6) is -0.409. The summed E-state index contributed by atoms with van der Waals surface area (Å²) >= 11 is 0. The second-order valence-corrected chi connectivity index (χ2v) is 3.93. The smallest absolute Gasteiger partial charge is 0.299 e. The lowest BCUT2D eigenvalue weighted by molar-refractivity contribution is -0.143. The fourth-order valence-corrected chi connectivity index (χ4v) is 1.48. The number of ketones is 1. The van der Waals surface area contributed by atoms with Crippen molar-refractivity contribution in [2.45, 2.75) is 38.8 Å². The zero-order chi connectivity index (χ0) is 13.1. The van der Waals surface area contributed by atoms with Gasteiger partial charge >= 0.3 is 6.18 Å². The van der Waals surface area contributed by atoms with Crippen LogP contribution in [0.4, 0.5) is 13.2 Å². The van der Waals surface area contributed by atoms with Gasteiger partial charge in [-0.2, -0.15) is 18.3 Å². The minimum absolute atomic E-state index is 0.0135. The molecular weight excluding hydrogens is 233 g/mol. The lowest BCUT2D eigenvalue weighted by Crippen LogP contribution is -2.13. The summed E-state index contributed by atoms with van der Waals surface area (Å²) in [6.07, 6.45) is -5.03. The predicted octanol–water partition coefficient (Wildman–Crippen LogP) is 2.44. The number of Topliss-reactive ketones (excluding diaryl/α,β-unsaturated/α-hetero) is 1. The highest BCUT2D eigenvalue weighted by molar-refractivity contribution is 5.80. The number of rotatable bonds is 5. The van der Waals surface area contributed by atoms with Gasteiger partial charge < -0.3 is 0 Å². The lowest BCUT2D eigenvalue weighted by atomic mass is 10.1. The minimum atomic E-state index is -4.27. The van der Waals surface area contributed by atoms with E-state index < -0.39 is 24.8 Å². The van der Waals surface area contributed by atoms with E-state index in [0.29, 0.717) is 5.69 Å². The Morgan fingerprint density at radius 2 is 2.12 bits per heavy atom. The van der Waals surface area contributed by atoms with Crippen LogP contribution in [0, 0.1) is 0 Å². The van der Waals surface area contributed by atoms with Crippen LogP contribution in [-0.2, 0) is 24.7 Å². The molecule has 1 aromatic rings. The van der Waals surface area contributed by atoms with E-state index >= 15 is 0 Å². The third kappa shape index (κ3) is 4.58. The molecule has 0 aliphatic rings. The molecule has 0 saturated heterocycles. The summed E-state index contributed by atoms with van der Waals surface area (Å²) in [5, 5.41) is 4.13. The first-order valence-electron chi connectivity index (χ1n) is 5.42. The van der Waals surface area contributed by atoms with Crippen molar-refractivity contribution < 1.29 is 18.0 Å². The first kappa shape index (κ1) is 13.7. The molecule has 0 aliphatic carbocycles. The Balaban J connectivity index is 2.53. The van der Waals surface area contributed by atoms with Crippen molar-refractivity contribution in [2.24, 2.45) is 7.05 Å². The number of carbonyl (C=O) groups is 1. The van der Waals surface area contributed by atoms with Crippen LogP contribution in [0.15, 0.2) is 6.07 Å². The Bertz CT molecular complexity index is 396. The number of nitrogens with zero attached hydrogens (tertiary/aromatic N) is 2. The van der Waals surface area contributed by atoms with Gasteiger partial charge in [-0.05, 0) is 12.5 Å². The van der Waals surface area contributed by atoms with Gasteiger partial charge in [-0.1, -0.05) is 6.92 Å². The minimum Gasteiger partial charge on any atom is -0.299 e. The number of aromatic nitrogens is 2. The van der Waals surface area contributed by atoms with Gasteiger partial charge in [-0.3, -0.25) is 9.48 Å². The van der Waals surface area contributed by atoms with Crippen molar-refractivity contribution in [1.29, 1.82) is 0 Å². The van der Waals surface area contributed by atoms with E-state index in [1.54, 1.807) is 17.8 Å². The van der Waals surface area contributed by atoms with Crippen molar-refractivity contribution in [2.75, 3.05) is 0 Å². The van der Waals surface area contributed by atoms with E-state index in [-0.39, 0.29) is 6.42 Å². The molecule has 3 nitrogen and oxygen atoms in total. The van der Waals surface area contributed by atoms with Crippen LogP contribution in [0.1, 0.15) is 31.2 Å². The molecule has 0 amide bonds.